The Hall–Kier alpha value is -1.93. The second kappa shape index (κ2) is 5.61. The van der Waals surface area contributed by atoms with Crippen LogP contribution in [0.4, 0.5) is 5.69 Å². The summed E-state index contributed by atoms with van der Waals surface area (Å²) in [5.74, 6) is -0.530. The number of pyridine rings is 1. The molecule has 5 nitrogen and oxygen atoms in total. The second-order valence-corrected chi connectivity index (χ2v) is 7.48. The Labute approximate surface area is 137 Å². The number of hydrogen-bond donors (Lipinski definition) is 0. The fourth-order valence-electron chi connectivity index (χ4n) is 4.01. The Morgan fingerprint density at radius 3 is 2.91 bits per heavy atom. The van der Waals surface area contributed by atoms with Gasteiger partial charge >= 0.3 is 0 Å². The minimum Gasteiger partial charge on any atom is -0.371 e. The van der Waals surface area contributed by atoms with Crippen LogP contribution in [-0.2, 0) is 9.53 Å². The number of carbonyl (C=O) groups excluding carboxylic acids is 1. The Bertz CT molecular complexity index is 664. The van der Waals surface area contributed by atoms with Crippen LogP contribution in [0.2, 0.25) is 0 Å². The topological polar surface area (TPSA) is 66.2 Å². The second-order valence-electron chi connectivity index (χ2n) is 7.48. The number of ether oxygens (including phenoxy) is 1. The van der Waals surface area contributed by atoms with Crippen molar-refractivity contribution in [2.75, 3.05) is 24.6 Å². The lowest BCUT2D eigenvalue weighted by Gasteiger charge is -2.50. The number of aromatic nitrogens is 1. The Balaban J connectivity index is 1.87. The lowest BCUT2D eigenvalue weighted by atomic mass is 9.64. The van der Waals surface area contributed by atoms with E-state index in [2.05, 4.69) is 22.0 Å². The van der Waals surface area contributed by atoms with Gasteiger partial charge in [0.2, 0.25) is 0 Å². The number of morpholine rings is 1. The molecule has 1 aliphatic carbocycles. The summed E-state index contributed by atoms with van der Waals surface area (Å²) in [7, 11) is 0. The zero-order valence-electron chi connectivity index (χ0n) is 14.0. The predicted octanol–water partition coefficient (Wildman–Crippen LogP) is 2.49. The Morgan fingerprint density at radius 1 is 1.43 bits per heavy atom. The molecule has 0 radical (unpaired) electrons. The maximum Gasteiger partial charge on any atom is 0.155 e. The van der Waals surface area contributed by atoms with Gasteiger partial charge in [0.15, 0.2) is 5.78 Å². The third kappa shape index (κ3) is 2.96. The first-order valence-corrected chi connectivity index (χ1v) is 8.10. The fraction of sp³-hybridized carbons (Fsp3) is 0.611. The number of Topliss-reactive ketones (excluding diaryl/α,β-unsaturated/α-hetero) is 1. The van der Waals surface area contributed by atoms with Gasteiger partial charge in [0.1, 0.15) is 5.92 Å². The molecule has 122 valence electrons. The molecule has 5 heteroatoms. The van der Waals surface area contributed by atoms with Gasteiger partial charge in [-0.25, -0.2) is 0 Å². The number of hydrogen-bond acceptors (Lipinski definition) is 5. The van der Waals surface area contributed by atoms with Crippen molar-refractivity contribution in [2.45, 2.75) is 39.2 Å². The van der Waals surface area contributed by atoms with Crippen LogP contribution in [-0.4, -0.2) is 36.1 Å². The lowest BCUT2D eigenvalue weighted by Crippen LogP contribution is -2.59. The number of anilines is 1. The highest BCUT2D eigenvalue weighted by molar-refractivity contribution is 5.89. The van der Waals surface area contributed by atoms with Crippen molar-refractivity contribution in [3.05, 3.63) is 24.0 Å². The number of ketones is 1. The van der Waals surface area contributed by atoms with Gasteiger partial charge in [-0.05, 0) is 25.0 Å². The number of nitriles is 1. The number of rotatable bonds is 1. The van der Waals surface area contributed by atoms with Crippen molar-refractivity contribution in [1.82, 2.24) is 4.98 Å². The van der Waals surface area contributed by atoms with Crippen molar-refractivity contribution < 1.29 is 9.53 Å². The van der Waals surface area contributed by atoms with E-state index in [9.17, 15) is 10.1 Å². The molecule has 1 aliphatic heterocycles. The fourth-order valence-corrected chi connectivity index (χ4v) is 4.01. The summed E-state index contributed by atoms with van der Waals surface area (Å²) in [6, 6.07) is 4.30. The van der Waals surface area contributed by atoms with Gasteiger partial charge in [-0.1, -0.05) is 13.8 Å². The summed E-state index contributed by atoms with van der Waals surface area (Å²) < 4.78 is 6.14. The van der Waals surface area contributed by atoms with E-state index in [4.69, 9.17) is 4.74 Å². The summed E-state index contributed by atoms with van der Waals surface area (Å²) >= 11 is 0. The van der Waals surface area contributed by atoms with Crippen molar-refractivity contribution in [3.63, 3.8) is 0 Å². The highest BCUT2D eigenvalue weighted by Crippen LogP contribution is 2.45. The first-order chi connectivity index (χ1) is 10.9. The van der Waals surface area contributed by atoms with Gasteiger partial charge in [-0.3, -0.25) is 9.78 Å². The molecule has 1 aromatic rings. The molecule has 1 spiro atoms. The van der Waals surface area contributed by atoms with Crippen LogP contribution in [0.1, 0.15) is 32.3 Å². The summed E-state index contributed by atoms with van der Waals surface area (Å²) in [6.45, 7) is 8.00. The Morgan fingerprint density at radius 2 is 2.22 bits per heavy atom. The highest BCUT2D eigenvalue weighted by atomic mass is 16.5. The molecule has 1 aromatic heterocycles. The molecular weight excluding hydrogens is 290 g/mol. The van der Waals surface area contributed by atoms with E-state index in [1.165, 1.54) is 0 Å². The molecule has 1 saturated carbocycles. The van der Waals surface area contributed by atoms with E-state index in [0.29, 0.717) is 26.0 Å². The van der Waals surface area contributed by atoms with Crippen LogP contribution in [0.25, 0.3) is 0 Å². The molecule has 0 bridgehead atoms. The van der Waals surface area contributed by atoms with Crippen molar-refractivity contribution in [2.24, 2.45) is 11.3 Å². The molecule has 2 aliphatic rings. The minimum absolute atomic E-state index is 0.0450. The van der Waals surface area contributed by atoms with Gasteiger partial charge in [0.05, 0.1) is 30.2 Å². The average Bonchev–Trinajstić information content (AvgIpc) is 2.51. The minimum atomic E-state index is -0.575. The van der Waals surface area contributed by atoms with Crippen molar-refractivity contribution in [1.29, 1.82) is 5.26 Å². The van der Waals surface area contributed by atoms with E-state index in [0.717, 1.165) is 17.8 Å². The zero-order valence-corrected chi connectivity index (χ0v) is 14.0. The van der Waals surface area contributed by atoms with Crippen molar-refractivity contribution in [3.8, 4) is 6.07 Å². The predicted molar refractivity (Wildman–Crippen MR) is 87.0 cm³/mol. The van der Waals surface area contributed by atoms with Crippen LogP contribution in [0, 0.1) is 29.6 Å². The normalized spacial score (nSPS) is 30.3. The number of carbonyl (C=O) groups is 1. The van der Waals surface area contributed by atoms with Crippen LogP contribution in [0.5, 0.6) is 0 Å². The SMILES string of the molecule is Cc1cncc(N2CCOC3(CC(C#N)C(=O)C(C)(C)C3)C2)c1. The van der Waals surface area contributed by atoms with Crippen LogP contribution >= 0.6 is 0 Å². The quantitative estimate of drug-likeness (QED) is 0.797. The average molecular weight is 313 g/mol. The lowest BCUT2D eigenvalue weighted by molar-refractivity contribution is -0.152. The van der Waals surface area contributed by atoms with E-state index < -0.39 is 16.9 Å². The van der Waals surface area contributed by atoms with Gasteiger partial charge in [0, 0.05) is 31.1 Å². The van der Waals surface area contributed by atoms with E-state index in [-0.39, 0.29) is 5.78 Å². The summed E-state index contributed by atoms with van der Waals surface area (Å²) in [6.07, 6.45) is 4.86. The van der Waals surface area contributed by atoms with E-state index >= 15 is 0 Å². The smallest absolute Gasteiger partial charge is 0.155 e. The summed E-state index contributed by atoms with van der Waals surface area (Å²) in [5.41, 5.74) is 1.25. The molecule has 2 fully saturated rings. The molecule has 0 amide bonds. The first-order valence-electron chi connectivity index (χ1n) is 8.10. The van der Waals surface area contributed by atoms with Gasteiger partial charge in [0.25, 0.3) is 0 Å². The van der Waals surface area contributed by atoms with E-state index in [1.807, 2.05) is 33.2 Å². The summed E-state index contributed by atoms with van der Waals surface area (Å²) in [4.78, 5) is 18.9. The number of aryl methyl sites for hydroxylation is 1. The first kappa shape index (κ1) is 15.9. The molecule has 2 atom stereocenters. The highest BCUT2D eigenvalue weighted by Gasteiger charge is 2.52. The van der Waals surface area contributed by atoms with Crippen molar-refractivity contribution >= 4 is 11.5 Å². The molecule has 23 heavy (non-hydrogen) atoms. The molecule has 2 unspecified atom stereocenters. The molecule has 0 N–H and O–H groups in total. The maximum atomic E-state index is 12.4. The molecular formula is C18H23N3O2. The van der Waals surface area contributed by atoms with E-state index in [1.54, 1.807) is 0 Å². The van der Waals surface area contributed by atoms with Crippen LogP contribution in [0.3, 0.4) is 0 Å². The third-order valence-electron chi connectivity index (χ3n) is 4.95. The molecule has 0 aromatic carbocycles. The van der Waals surface area contributed by atoms with Crippen LogP contribution < -0.4 is 4.90 Å². The largest absolute Gasteiger partial charge is 0.371 e. The van der Waals surface area contributed by atoms with Gasteiger partial charge in [-0.15, -0.1) is 0 Å². The molecule has 3 rings (SSSR count). The standard InChI is InChI=1S/C18H23N3O2/c1-13-6-15(10-20-9-13)21-4-5-23-18(12-21)7-14(8-19)16(22)17(2,3)11-18/h6,9-10,14H,4-5,7,11-12H2,1-3H3. The van der Waals surface area contributed by atoms with Gasteiger partial charge < -0.3 is 9.64 Å². The molecule has 1 saturated heterocycles. The Kier molecular flexibility index (Phi) is 3.89. The van der Waals surface area contributed by atoms with Gasteiger partial charge in [-0.2, -0.15) is 5.26 Å². The molecule has 2 heterocycles. The maximum absolute atomic E-state index is 12.4. The summed E-state index contributed by atoms with van der Waals surface area (Å²) in [5, 5.41) is 9.38. The third-order valence-corrected chi connectivity index (χ3v) is 4.95. The monoisotopic (exact) mass is 313 g/mol. The van der Waals surface area contributed by atoms with Crippen LogP contribution in [0.15, 0.2) is 18.5 Å². The zero-order chi connectivity index (χ0) is 16.7. The number of nitrogens with zero attached hydrogens (tertiary/aromatic N) is 3.